The van der Waals surface area contributed by atoms with Crippen LogP contribution in [0.1, 0.15) is 42.2 Å². The van der Waals surface area contributed by atoms with E-state index in [0.717, 1.165) is 18.6 Å². The highest BCUT2D eigenvalue weighted by Gasteiger charge is 2.32. The largest absolute Gasteiger partial charge is 0.437 e. The minimum absolute atomic E-state index is 0.0654. The van der Waals surface area contributed by atoms with Gasteiger partial charge in [-0.2, -0.15) is 9.78 Å². The number of carbonyl (C=O) groups is 1. The first kappa shape index (κ1) is 25.6. The van der Waals surface area contributed by atoms with Gasteiger partial charge in [-0.1, -0.05) is 24.6 Å². The van der Waals surface area contributed by atoms with Gasteiger partial charge in [-0.05, 0) is 50.5 Å². The molecule has 0 radical (unpaired) electrons. The van der Waals surface area contributed by atoms with Crippen LogP contribution in [0.15, 0.2) is 47.4 Å². The molecule has 1 amide bonds. The molecule has 2 aromatic carbocycles. The van der Waals surface area contributed by atoms with Gasteiger partial charge in [0.25, 0.3) is 11.6 Å². The van der Waals surface area contributed by atoms with Crippen LogP contribution in [0.2, 0.25) is 5.02 Å². The maximum absolute atomic E-state index is 13.1. The normalized spacial score (nSPS) is 13.4. The molecule has 0 unspecified atom stereocenters. The Hall–Kier alpha value is -3.48. The zero-order valence-electron chi connectivity index (χ0n) is 19.5. The molecule has 0 aliphatic heterocycles. The lowest BCUT2D eigenvalue weighted by atomic mass is 10.2. The van der Waals surface area contributed by atoms with E-state index in [1.165, 1.54) is 10.7 Å². The van der Waals surface area contributed by atoms with Gasteiger partial charge in [-0.15, -0.1) is 0 Å². The van der Waals surface area contributed by atoms with Crippen molar-refractivity contribution >= 4 is 33.2 Å². The van der Waals surface area contributed by atoms with E-state index in [4.69, 9.17) is 16.3 Å². The number of rotatable bonds is 10. The minimum Gasteiger partial charge on any atom is -0.437 e. The summed E-state index contributed by atoms with van der Waals surface area (Å²) in [5.74, 6) is -0.511. The number of nitrogens with zero attached hydrogens (tertiary/aromatic N) is 3. The summed E-state index contributed by atoms with van der Waals surface area (Å²) in [6.07, 6.45) is 2.09. The van der Waals surface area contributed by atoms with Crippen molar-refractivity contribution < 1.29 is 22.9 Å². The Morgan fingerprint density at radius 2 is 2.03 bits per heavy atom. The molecule has 11 nitrogen and oxygen atoms in total. The third kappa shape index (κ3) is 5.50. The van der Waals surface area contributed by atoms with E-state index in [1.807, 2.05) is 6.92 Å². The second-order valence-electron chi connectivity index (χ2n) is 8.31. The van der Waals surface area contributed by atoms with Crippen LogP contribution in [0.3, 0.4) is 0 Å². The van der Waals surface area contributed by atoms with Gasteiger partial charge in [0.1, 0.15) is 10.6 Å². The monoisotopic (exact) mass is 533 g/mol. The van der Waals surface area contributed by atoms with Crippen LogP contribution in [0, 0.1) is 17.0 Å². The van der Waals surface area contributed by atoms with Crippen LogP contribution in [0.4, 0.5) is 5.69 Å². The highest BCUT2D eigenvalue weighted by Crippen LogP contribution is 2.36. The fraction of sp³-hybridized carbons (Fsp3) is 0.304. The molecule has 2 N–H and O–H groups in total. The number of amides is 1. The standard InChI is InChI=1S/C23H24ClN5O6S/c1-3-11-25-22(30)21-14(2)23(28(26-21)17-6-4-5-15(24)12-17)35-19-10-9-18(29(31)32)13-20(19)36(33,34)27-16-7-8-16/h4-6,9-10,12-13,16,27H,3,7-8,11H2,1-2H3,(H,25,30). The van der Waals surface area contributed by atoms with Gasteiger partial charge in [0.15, 0.2) is 5.69 Å². The Morgan fingerprint density at radius 3 is 2.67 bits per heavy atom. The highest BCUT2D eigenvalue weighted by atomic mass is 35.5. The number of halogens is 1. The van der Waals surface area contributed by atoms with Crippen molar-refractivity contribution in [2.75, 3.05) is 6.54 Å². The number of nitrogens with one attached hydrogen (secondary N) is 2. The number of nitro groups is 1. The van der Waals surface area contributed by atoms with Gasteiger partial charge in [-0.3, -0.25) is 14.9 Å². The zero-order valence-corrected chi connectivity index (χ0v) is 21.1. The average molecular weight is 534 g/mol. The number of benzene rings is 2. The number of hydrogen-bond acceptors (Lipinski definition) is 7. The van der Waals surface area contributed by atoms with E-state index in [2.05, 4.69) is 15.1 Å². The molecule has 190 valence electrons. The molecule has 1 aromatic heterocycles. The van der Waals surface area contributed by atoms with Crippen molar-refractivity contribution in [1.29, 1.82) is 0 Å². The lowest BCUT2D eigenvalue weighted by molar-refractivity contribution is -0.385. The Labute approximate surface area is 212 Å². The Bertz CT molecular complexity index is 1430. The van der Waals surface area contributed by atoms with E-state index < -0.39 is 26.5 Å². The number of nitro benzene ring substituents is 1. The molecule has 13 heteroatoms. The molecule has 36 heavy (non-hydrogen) atoms. The first-order valence-electron chi connectivity index (χ1n) is 11.2. The van der Waals surface area contributed by atoms with Crippen molar-refractivity contribution in [2.24, 2.45) is 0 Å². The Kier molecular flexibility index (Phi) is 7.29. The van der Waals surface area contributed by atoms with Crippen LogP contribution in [-0.2, 0) is 10.0 Å². The molecule has 1 heterocycles. The molecule has 1 aliphatic carbocycles. The van der Waals surface area contributed by atoms with Gasteiger partial charge >= 0.3 is 0 Å². The lowest BCUT2D eigenvalue weighted by Crippen LogP contribution is -2.26. The van der Waals surface area contributed by atoms with Gasteiger partial charge in [0, 0.05) is 35.3 Å². The average Bonchev–Trinajstić information content (AvgIpc) is 3.58. The first-order valence-corrected chi connectivity index (χ1v) is 13.1. The number of hydrogen-bond donors (Lipinski definition) is 2. The summed E-state index contributed by atoms with van der Waals surface area (Å²) in [5.41, 5.74) is 0.497. The van der Waals surface area contributed by atoms with Crippen LogP contribution in [0.25, 0.3) is 5.69 Å². The smallest absolute Gasteiger partial charge is 0.272 e. The van der Waals surface area contributed by atoms with Crippen molar-refractivity contribution in [1.82, 2.24) is 19.8 Å². The van der Waals surface area contributed by atoms with E-state index in [1.54, 1.807) is 31.2 Å². The maximum Gasteiger partial charge on any atom is 0.272 e. The molecule has 0 atom stereocenters. The molecule has 0 bridgehead atoms. The van der Waals surface area contributed by atoms with E-state index in [9.17, 15) is 23.3 Å². The summed E-state index contributed by atoms with van der Waals surface area (Å²) in [4.78, 5) is 23.0. The van der Waals surface area contributed by atoms with Gasteiger partial charge in [0.2, 0.25) is 15.9 Å². The molecular formula is C23H24ClN5O6S. The number of sulfonamides is 1. The molecule has 0 spiro atoms. The number of non-ortho nitro benzene ring substituents is 1. The SMILES string of the molecule is CCCNC(=O)c1nn(-c2cccc(Cl)c2)c(Oc2ccc([N+](=O)[O-])cc2S(=O)(=O)NC2CC2)c1C. The predicted molar refractivity (Wildman–Crippen MR) is 132 cm³/mol. The van der Waals surface area contributed by atoms with Crippen molar-refractivity contribution in [3.8, 4) is 17.3 Å². The Morgan fingerprint density at radius 1 is 1.28 bits per heavy atom. The summed E-state index contributed by atoms with van der Waals surface area (Å²) in [6, 6.07) is 9.75. The highest BCUT2D eigenvalue weighted by molar-refractivity contribution is 7.89. The topological polar surface area (TPSA) is 145 Å². The molecule has 3 aromatic rings. The summed E-state index contributed by atoms with van der Waals surface area (Å²) < 4.78 is 36.1. The molecule has 1 saturated carbocycles. The van der Waals surface area contributed by atoms with Crippen LogP contribution < -0.4 is 14.8 Å². The van der Waals surface area contributed by atoms with Crippen LogP contribution >= 0.6 is 11.6 Å². The van der Waals surface area contributed by atoms with Crippen molar-refractivity contribution in [3.63, 3.8) is 0 Å². The van der Waals surface area contributed by atoms with Gasteiger partial charge in [0.05, 0.1) is 10.6 Å². The van der Waals surface area contributed by atoms with Crippen molar-refractivity contribution in [3.05, 3.63) is 68.9 Å². The van der Waals surface area contributed by atoms with Gasteiger partial charge < -0.3 is 10.1 Å². The minimum atomic E-state index is -4.13. The Balaban J connectivity index is 1.84. The van der Waals surface area contributed by atoms with Gasteiger partial charge in [-0.25, -0.2) is 13.1 Å². The van der Waals surface area contributed by atoms with E-state index in [-0.39, 0.29) is 28.3 Å². The van der Waals surface area contributed by atoms with E-state index >= 15 is 0 Å². The molecular weight excluding hydrogens is 510 g/mol. The summed E-state index contributed by atoms with van der Waals surface area (Å²) >= 11 is 6.16. The summed E-state index contributed by atoms with van der Waals surface area (Å²) in [5, 5.41) is 18.9. The van der Waals surface area contributed by atoms with Crippen LogP contribution in [0.5, 0.6) is 11.6 Å². The number of aromatic nitrogens is 2. The molecule has 0 saturated heterocycles. The first-order chi connectivity index (χ1) is 17.1. The quantitative estimate of drug-likeness (QED) is 0.294. The van der Waals surface area contributed by atoms with Crippen molar-refractivity contribution in [2.45, 2.75) is 44.0 Å². The predicted octanol–water partition coefficient (Wildman–Crippen LogP) is 4.12. The lowest BCUT2D eigenvalue weighted by Gasteiger charge is -2.14. The summed E-state index contributed by atoms with van der Waals surface area (Å²) in [6.45, 7) is 3.97. The fourth-order valence-corrected chi connectivity index (χ4v) is 5.05. The molecule has 1 aliphatic rings. The number of ether oxygens (including phenoxy) is 1. The second-order valence-corrected chi connectivity index (χ2v) is 10.4. The third-order valence-electron chi connectivity index (χ3n) is 5.41. The molecule has 1 fully saturated rings. The third-order valence-corrected chi connectivity index (χ3v) is 7.18. The zero-order chi connectivity index (χ0) is 26.0. The summed E-state index contributed by atoms with van der Waals surface area (Å²) in [7, 11) is -4.13. The number of carbonyl (C=O) groups excluding carboxylic acids is 1. The maximum atomic E-state index is 13.1. The fourth-order valence-electron chi connectivity index (χ4n) is 3.41. The van der Waals surface area contributed by atoms with E-state index in [0.29, 0.717) is 35.7 Å². The van der Waals surface area contributed by atoms with Crippen LogP contribution in [-0.4, -0.2) is 41.6 Å². The molecule has 4 rings (SSSR count). The second kappa shape index (κ2) is 10.2.